The van der Waals surface area contributed by atoms with Crippen LogP contribution in [0, 0.1) is 0 Å². The van der Waals surface area contributed by atoms with Crippen molar-refractivity contribution in [3.63, 3.8) is 0 Å². The van der Waals surface area contributed by atoms with Gasteiger partial charge in [0.25, 0.3) is 5.91 Å². The summed E-state index contributed by atoms with van der Waals surface area (Å²) in [6.07, 6.45) is 0.524. The summed E-state index contributed by atoms with van der Waals surface area (Å²) in [6, 6.07) is 16.1. The van der Waals surface area contributed by atoms with Gasteiger partial charge in [0.1, 0.15) is 65.5 Å². The number of hydrogen-bond donors (Lipinski definition) is 14. The lowest BCUT2D eigenvalue weighted by molar-refractivity contribution is -0.136. The lowest BCUT2D eigenvalue weighted by Gasteiger charge is -2.29. The molecule has 0 aliphatic carbocycles. The van der Waals surface area contributed by atoms with Gasteiger partial charge < -0.3 is 74.6 Å². The number of aromatic nitrogens is 1. The number of aliphatic hydroxyl groups excluding tert-OH is 1. The first-order valence-corrected chi connectivity index (χ1v) is 31.3. The number of phenols is 2. The minimum atomic E-state index is -1.78. The Bertz CT molecular complexity index is 3240. The van der Waals surface area contributed by atoms with Gasteiger partial charge in [0.15, 0.2) is 0 Å². The van der Waals surface area contributed by atoms with Gasteiger partial charge in [0.2, 0.25) is 53.2 Å². The first-order valence-electron chi connectivity index (χ1n) is 28.5. The maximum atomic E-state index is 15.1. The second kappa shape index (κ2) is 34.7. The van der Waals surface area contributed by atoms with Gasteiger partial charge in [-0.1, -0.05) is 101 Å². The van der Waals surface area contributed by atoms with Crippen LogP contribution in [0.3, 0.4) is 0 Å². The summed E-state index contributed by atoms with van der Waals surface area (Å²) in [5.74, 6) is -9.94. The van der Waals surface area contributed by atoms with Crippen LogP contribution in [0.5, 0.6) is 11.5 Å². The summed E-state index contributed by atoms with van der Waals surface area (Å²) >= 11 is 6.19. The fraction of sp³-hybridized carbons (Fsp3) is 0.361. The summed E-state index contributed by atoms with van der Waals surface area (Å²) in [7, 11) is 3.60. The van der Waals surface area contributed by atoms with Crippen molar-refractivity contribution >= 4 is 92.3 Å². The Morgan fingerprint density at radius 2 is 1.17 bits per heavy atom. The van der Waals surface area contributed by atoms with Crippen molar-refractivity contribution in [2.45, 2.75) is 113 Å². The lowest BCUT2D eigenvalue weighted by Crippen LogP contribution is -2.62. The molecule has 16 N–H and O–H groups in total. The molecule has 1 aliphatic heterocycles. The summed E-state index contributed by atoms with van der Waals surface area (Å²) in [6.45, 7) is 1.84. The van der Waals surface area contributed by atoms with Crippen LogP contribution in [-0.4, -0.2) is 159 Å². The topological polar surface area (TPSA) is 405 Å². The molecule has 2 heterocycles. The third-order valence-corrected chi connectivity index (χ3v) is 16.8. The molecule has 25 nitrogen and oxygen atoms in total. The molecule has 0 spiro atoms. The molecule has 0 radical (unpaired) electrons. The molecule has 6 rings (SSSR count). The quantitative estimate of drug-likeness (QED) is 0.0317. The Hall–Kier alpha value is -8.76. The normalized spacial score (nSPS) is 19.9. The number of rotatable bonds is 23. The van der Waals surface area contributed by atoms with Crippen LogP contribution in [0.25, 0.3) is 0 Å². The van der Waals surface area contributed by atoms with Crippen LogP contribution in [0.1, 0.15) is 75.7 Å². The van der Waals surface area contributed by atoms with Crippen LogP contribution < -0.4 is 59.3 Å². The van der Waals surface area contributed by atoms with Crippen LogP contribution in [0.2, 0.25) is 5.02 Å². The Balaban J connectivity index is 1.44. The van der Waals surface area contributed by atoms with Gasteiger partial charge in [0.05, 0.1) is 6.10 Å². The monoisotopic (exact) mass is 1280 g/mol. The molecule has 474 valence electrons. The summed E-state index contributed by atoms with van der Waals surface area (Å²) in [4.78, 5) is 146. The van der Waals surface area contributed by atoms with E-state index in [1.807, 2.05) is 0 Å². The van der Waals surface area contributed by atoms with E-state index in [0.717, 1.165) is 21.6 Å². The zero-order valence-electron chi connectivity index (χ0n) is 48.7. The molecular formula is C61H73ClN12O13S2. The third-order valence-electron chi connectivity index (χ3n) is 14.2. The number of pyridine rings is 1. The first-order chi connectivity index (χ1) is 42.6. The van der Waals surface area contributed by atoms with Crippen LogP contribution in [0.4, 0.5) is 0 Å². The molecule has 0 unspecified atom stereocenters. The first kappa shape index (κ1) is 69.3. The smallest absolute Gasteiger partial charge is 0.270 e. The highest BCUT2D eigenvalue weighted by Crippen LogP contribution is 2.25. The molecule has 89 heavy (non-hydrogen) atoms. The number of aliphatic hydroxyl groups is 1. The van der Waals surface area contributed by atoms with E-state index >= 15 is 9.59 Å². The predicted octanol–water partition coefficient (Wildman–Crippen LogP) is 0.749. The fourth-order valence-electron chi connectivity index (χ4n) is 9.19. The number of aromatic hydroxyl groups is 2. The number of carbonyl (C=O) groups is 10. The maximum Gasteiger partial charge on any atom is 0.270 e. The second-order valence-electron chi connectivity index (χ2n) is 21.1. The van der Waals surface area contributed by atoms with Crippen molar-refractivity contribution in [2.75, 3.05) is 25.1 Å². The van der Waals surface area contributed by atoms with E-state index in [2.05, 4.69) is 52.8 Å². The molecule has 4 aromatic carbocycles. The molecule has 0 bridgehead atoms. The third kappa shape index (κ3) is 22.4. The Kier molecular flexibility index (Phi) is 27.0. The molecular weight excluding hydrogens is 1210 g/mol. The van der Waals surface area contributed by atoms with Crippen LogP contribution in [-0.2, 0) is 64.0 Å². The number of amides is 10. The standard InChI is InChI=1S/C61H73ClN12O13S2/c1-34(75)51-61(87)73-50(59(85)68-45(53(64)79)28-37-14-22-41(76)23-15-37)33-89-88-32-49(72-58(84)48(30-36-12-20-40(62)21-13-36)69-54(80)43-8-5-7-27-66-43)60(86)71-47(31-38-16-24-42(77)25-17-38)57(83)70-46(29-35-10-18-39(19-11-35)52(63)78)56(82)67-44(55(81)74-51)9-4-3-6-26-65-2/h5,7-8,10-25,27,34,44-51,65,75-77H,3-4,6,9,26,28-33H2,1-2H3,(H2,63,78)(H2,64,79)(H,67,82)(H,68,85)(H,69,80)(H,70,83)(H,71,86)(H,72,84)(H,73,87)(H,74,81)/t34-,44+,45-,46-,47+,48+,49-,50+,51+/m1/s1. The summed E-state index contributed by atoms with van der Waals surface area (Å²) in [5.41, 5.74) is 13.3. The molecule has 1 aromatic heterocycles. The number of nitrogens with two attached hydrogens (primary N) is 2. The zero-order chi connectivity index (χ0) is 64.6. The second-order valence-corrected chi connectivity index (χ2v) is 24.1. The molecule has 0 saturated carbocycles. The van der Waals surface area contributed by atoms with Crippen LogP contribution >= 0.6 is 33.2 Å². The average molecular weight is 1280 g/mol. The van der Waals surface area contributed by atoms with E-state index in [0.29, 0.717) is 53.1 Å². The zero-order valence-corrected chi connectivity index (χ0v) is 51.1. The lowest BCUT2D eigenvalue weighted by atomic mass is 10.00. The fourth-order valence-corrected chi connectivity index (χ4v) is 11.6. The van der Waals surface area contributed by atoms with E-state index < -0.39 is 114 Å². The van der Waals surface area contributed by atoms with Crippen LogP contribution in [0.15, 0.2) is 121 Å². The molecule has 1 aliphatic rings. The number of unbranched alkanes of at least 4 members (excludes halogenated alkanes) is 2. The number of nitrogens with one attached hydrogen (secondary N) is 9. The number of benzene rings is 4. The molecule has 1 fully saturated rings. The largest absolute Gasteiger partial charge is 0.508 e. The predicted molar refractivity (Wildman–Crippen MR) is 335 cm³/mol. The molecule has 9 atom stereocenters. The van der Waals surface area contributed by atoms with E-state index in [-0.39, 0.29) is 66.4 Å². The van der Waals surface area contributed by atoms with E-state index in [9.17, 15) is 53.7 Å². The van der Waals surface area contributed by atoms with Gasteiger partial charge in [-0.05, 0) is 116 Å². The van der Waals surface area contributed by atoms with Gasteiger partial charge in [-0.3, -0.25) is 52.9 Å². The Morgan fingerprint density at radius 1 is 0.629 bits per heavy atom. The molecule has 10 amide bonds. The highest BCUT2D eigenvalue weighted by molar-refractivity contribution is 8.76. The van der Waals surface area contributed by atoms with Crippen molar-refractivity contribution in [3.8, 4) is 11.5 Å². The molecule has 1 saturated heterocycles. The summed E-state index contributed by atoms with van der Waals surface area (Å²) < 4.78 is 0. The average Bonchev–Trinajstić information content (AvgIpc) is 3.63. The van der Waals surface area contributed by atoms with Crippen molar-refractivity contribution < 1.29 is 63.3 Å². The Morgan fingerprint density at radius 3 is 1.73 bits per heavy atom. The van der Waals surface area contributed by atoms with Crippen molar-refractivity contribution in [3.05, 3.63) is 160 Å². The highest BCUT2D eigenvalue weighted by atomic mass is 35.5. The van der Waals surface area contributed by atoms with E-state index in [1.165, 1.54) is 92.0 Å². The van der Waals surface area contributed by atoms with Gasteiger partial charge in [-0.25, -0.2) is 0 Å². The van der Waals surface area contributed by atoms with Gasteiger partial charge in [-0.15, -0.1) is 0 Å². The number of hydrogen-bond acceptors (Lipinski definition) is 17. The highest BCUT2D eigenvalue weighted by Gasteiger charge is 2.37. The van der Waals surface area contributed by atoms with Gasteiger partial charge >= 0.3 is 0 Å². The number of halogens is 1. The van der Waals surface area contributed by atoms with Gasteiger partial charge in [-0.2, -0.15) is 0 Å². The minimum absolute atomic E-state index is 0.0160. The Labute approximate surface area is 526 Å². The van der Waals surface area contributed by atoms with E-state index in [4.69, 9.17) is 23.1 Å². The molecule has 5 aromatic rings. The SMILES string of the molecule is CNCCCCC[C@@H]1NC(=O)[C@@H](Cc2ccc(C(N)=O)cc2)NC(=O)[C@H](Cc2ccc(O)cc2)NC(=O)[C@H](NC(=O)[C@H](Cc2ccc(Cl)cc2)NC(=O)c2ccccn2)CSSC[C@@H](C(=O)N[C@H](Cc2ccc(O)cc2)C(N)=O)NC(=O)[C@H]([C@@H](C)O)NC1=O. The van der Waals surface area contributed by atoms with E-state index in [1.54, 1.807) is 43.4 Å². The number of phenolic OH excluding ortho intramolecular Hbond substituents is 2. The minimum Gasteiger partial charge on any atom is -0.508 e. The van der Waals surface area contributed by atoms with Crippen molar-refractivity contribution in [2.24, 2.45) is 11.5 Å². The number of carbonyl (C=O) groups excluding carboxylic acids is 10. The maximum absolute atomic E-state index is 15.1. The number of primary amides is 2. The molecule has 28 heteroatoms. The van der Waals surface area contributed by atoms with Crippen molar-refractivity contribution in [1.29, 1.82) is 0 Å². The van der Waals surface area contributed by atoms with Crippen molar-refractivity contribution in [1.82, 2.24) is 52.8 Å². The van der Waals surface area contributed by atoms with Gasteiger partial charge in [0, 0.05) is 54.0 Å². The number of nitrogens with zero attached hydrogens (tertiary/aromatic N) is 1. The summed E-state index contributed by atoms with van der Waals surface area (Å²) in [5, 5.41) is 56.0.